The lowest BCUT2D eigenvalue weighted by Gasteiger charge is -2.36. The topological polar surface area (TPSA) is 41.6 Å². The summed E-state index contributed by atoms with van der Waals surface area (Å²) in [5.74, 6) is 0.326. The van der Waals surface area contributed by atoms with Crippen molar-refractivity contribution in [2.24, 2.45) is 5.41 Å². The van der Waals surface area contributed by atoms with Gasteiger partial charge < -0.3 is 15.0 Å². The van der Waals surface area contributed by atoms with Crippen LogP contribution in [0, 0.1) is 11.2 Å². The number of halogens is 1. The van der Waals surface area contributed by atoms with Crippen LogP contribution >= 0.6 is 0 Å². The van der Waals surface area contributed by atoms with Gasteiger partial charge in [0, 0.05) is 26.3 Å². The third kappa shape index (κ3) is 5.52. The number of carbonyl (C=O) groups is 1. The molecule has 2 saturated heterocycles. The van der Waals surface area contributed by atoms with Crippen LogP contribution in [0.25, 0.3) is 0 Å². The van der Waals surface area contributed by atoms with Crippen LogP contribution in [0.15, 0.2) is 48.5 Å². The van der Waals surface area contributed by atoms with Crippen molar-refractivity contribution in [3.8, 4) is 0 Å². The highest BCUT2D eigenvalue weighted by Crippen LogP contribution is 2.36. The number of likely N-dealkylation sites (tertiary alicyclic amines) is 1. The number of hydrogen-bond acceptors (Lipinski definition) is 3. The average molecular weight is 425 g/mol. The van der Waals surface area contributed by atoms with Gasteiger partial charge in [0.1, 0.15) is 5.82 Å². The Kier molecular flexibility index (Phi) is 7.03. The second kappa shape index (κ2) is 9.92. The standard InChI is InChI=1S/C26H33FN2O2/c1-29-12-4-8-23(19-29)22-7-2-5-20(15-22)17-26(10-13-31-14-11-26)25(30)28-18-21-6-3-9-24(27)16-21/h2-3,5-7,9,15-16,23H,4,8,10-14,17-19H2,1H3,(H,28,30). The predicted octanol–water partition coefficient (Wildman–Crippen LogP) is 4.29. The van der Waals surface area contributed by atoms with Crippen molar-refractivity contribution in [2.75, 3.05) is 33.4 Å². The maximum atomic E-state index is 13.5. The number of carbonyl (C=O) groups excluding carboxylic acids is 1. The molecule has 2 aliphatic rings. The van der Waals surface area contributed by atoms with E-state index in [9.17, 15) is 9.18 Å². The first-order valence-corrected chi connectivity index (χ1v) is 11.4. The number of rotatable bonds is 6. The maximum Gasteiger partial charge on any atom is 0.226 e. The molecule has 2 aromatic carbocycles. The van der Waals surface area contributed by atoms with Crippen molar-refractivity contribution in [3.63, 3.8) is 0 Å². The number of benzene rings is 2. The zero-order valence-electron chi connectivity index (χ0n) is 18.4. The normalized spacial score (nSPS) is 21.5. The molecule has 2 aromatic rings. The van der Waals surface area contributed by atoms with Gasteiger partial charge in [-0.2, -0.15) is 0 Å². The van der Waals surface area contributed by atoms with Gasteiger partial charge in [0.2, 0.25) is 5.91 Å². The quantitative estimate of drug-likeness (QED) is 0.752. The first kappa shape index (κ1) is 22.0. The molecule has 166 valence electrons. The molecule has 2 heterocycles. The number of ether oxygens (including phenoxy) is 1. The molecule has 2 fully saturated rings. The van der Waals surface area contributed by atoms with Crippen molar-refractivity contribution in [1.29, 1.82) is 0 Å². The number of nitrogens with one attached hydrogen (secondary N) is 1. The predicted molar refractivity (Wildman–Crippen MR) is 120 cm³/mol. The summed E-state index contributed by atoms with van der Waals surface area (Å²) in [5, 5.41) is 3.07. The molecule has 1 atom stereocenters. The van der Waals surface area contributed by atoms with Gasteiger partial charge in [-0.05, 0) is 80.4 Å². The fourth-order valence-corrected chi connectivity index (χ4v) is 5.05. The number of hydrogen-bond donors (Lipinski definition) is 1. The Morgan fingerprint density at radius 2 is 1.94 bits per heavy atom. The van der Waals surface area contributed by atoms with Gasteiger partial charge in [0.05, 0.1) is 5.41 Å². The minimum Gasteiger partial charge on any atom is -0.381 e. The van der Waals surface area contributed by atoms with Gasteiger partial charge in [-0.15, -0.1) is 0 Å². The summed E-state index contributed by atoms with van der Waals surface area (Å²) in [7, 11) is 2.19. The first-order valence-electron chi connectivity index (χ1n) is 11.4. The largest absolute Gasteiger partial charge is 0.381 e. The molecule has 5 heteroatoms. The molecule has 1 N–H and O–H groups in total. The summed E-state index contributed by atoms with van der Waals surface area (Å²) in [6.07, 6.45) is 4.58. The van der Waals surface area contributed by atoms with Crippen LogP contribution in [0.3, 0.4) is 0 Å². The lowest BCUT2D eigenvalue weighted by molar-refractivity contribution is -0.136. The van der Waals surface area contributed by atoms with E-state index in [2.05, 4.69) is 41.5 Å². The number of piperidine rings is 1. The summed E-state index contributed by atoms with van der Waals surface area (Å²) in [5.41, 5.74) is 2.90. The van der Waals surface area contributed by atoms with E-state index in [1.54, 1.807) is 6.07 Å². The van der Waals surface area contributed by atoms with E-state index in [1.807, 2.05) is 6.07 Å². The van der Waals surface area contributed by atoms with E-state index in [-0.39, 0.29) is 11.7 Å². The maximum absolute atomic E-state index is 13.5. The van der Waals surface area contributed by atoms with Gasteiger partial charge in [0.15, 0.2) is 0 Å². The minimum atomic E-state index is -0.479. The highest BCUT2D eigenvalue weighted by atomic mass is 19.1. The van der Waals surface area contributed by atoms with Gasteiger partial charge in [-0.25, -0.2) is 4.39 Å². The summed E-state index contributed by atoms with van der Waals surface area (Å²) in [4.78, 5) is 15.7. The summed E-state index contributed by atoms with van der Waals surface area (Å²) < 4.78 is 19.1. The summed E-state index contributed by atoms with van der Waals surface area (Å²) in [6, 6.07) is 15.2. The van der Waals surface area contributed by atoms with Crippen LogP contribution in [-0.2, 0) is 22.5 Å². The van der Waals surface area contributed by atoms with Crippen molar-refractivity contribution in [2.45, 2.75) is 44.6 Å². The lowest BCUT2D eigenvalue weighted by atomic mass is 9.74. The molecule has 0 spiro atoms. The van der Waals surface area contributed by atoms with E-state index < -0.39 is 5.41 Å². The molecule has 2 aliphatic heterocycles. The molecule has 4 nitrogen and oxygen atoms in total. The Morgan fingerprint density at radius 3 is 2.71 bits per heavy atom. The van der Waals surface area contributed by atoms with Crippen LogP contribution in [0.1, 0.15) is 48.3 Å². The summed E-state index contributed by atoms with van der Waals surface area (Å²) in [6.45, 7) is 3.80. The van der Waals surface area contributed by atoms with Crippen LogP contribution in [0.2, 0.25) is 0 Å². The second-order valence-electron chi connectivity index (χ2n) is 9.23. The van der Waals surface area contributed by atoms with E-state index in [1.165, 1.54) is 42.6 Å². The molecular formula is C26H33FN2O2. The Labute approximate surface area is 184 Å². The van der Waals surface area contributed by atoms with Crippen molar-refractivity contribution >= 4 is 5.91 Å². The average Bonchev–Trinajstić information content (AvgIpc) is 2.78. The highest BCUT2D eigenvalue weighted by molar-refractivity contribution is 5.83. The number of likely N-dealkylation sites (N-methyl/N-ethyl adjacent to an activating group) is 1. The van der Waals surface area contributed by atoms with Gasteiger partial charge in [-0.3, -0.25) is 4.79 Å². The van der Waals surface area contributed by atoms with Gasteiger partial charge >= 0.3 is 0 Å². The van der Waals surface area contributed by atoms with Crippen LogP contribution in [0.4, 0.5) is 4.39 Å². The minimum absolute atomic E-state index is 0.0443. The molecule has 4 rings (SSSR count). The fraction of sp³-hybridized carbons (Fsp3) is 0.500. The van der Waals surface area contributed by atoms with E-state index in [0.717, 1.165) is 12.1 Å². The Hall–Kier alpha value is -2.24. The Balaban J connectivity index is 1.48. The molecule has 0 aromatic heterocycles. The third-order valence-electron chi connectivity index (χ3n) is 6.86. The second-order valence-corrected chi connectivity index (χ2v) is 9.23. The molecule has 1 amide bonds. The van der Waals surface area contributed by atoms with Crippen LogP contribution in [-0.4, -0.2) is 44.2 Å². The molecule has 0 saturated carbocycles. The molecule has 0 bridgehead atoms. The van der Waals surface area contributed by atoms with Crippen molar-refractivity contribution in [3.05, 3.63) is 71.0 Å². The van der Waals surface area contributed by atoms with Crippen molar-refractivity contribution in [1.82, 2.24) is 10.2 Å². The van der Waals surface area contributed by atoms with Crippen LogP contribution in [0.5, 0.6) is 0 Å². The monoisotopic (exact) mass is 424 g/mol. The van der Waals surface area contributed by atoms with Gasteiger partial charge in [-0.1, -0.05) is 36.4 Å². The van der Waals surface area contributed by atoms with Gasteiger partial charge in [0.25, 0.3) is 0 Å². The SMILES string of the molecule is CN1CCCC(c2cccc(CC3(C(=O)NCc4cccc(F)c4)CCOCC3)c2)C1. The molecule has 31 heavy (non-hydrogen) atoms. The molecular weight excluding hydrogens is 391 g/mol. The first-order chi connectivity index (χ1) is 15.0. The third-order valence-corrected chi connectivity index (χ3v) is 6.86. The van der Waals surface area contributed by atoms with E-state index in [4.69, 9.17) is 4.74 Å². The number of nitrogens with zero attached hydrogens (tertiary/aromatic N) is 1. The Morgan fingerprint density at radius 1 is 1.16 bits per heavy atom. The Bertz CT molecular complexity index is 894. The highest BCUT2D eigenvalue weighted by Gasteiger charge is 2.40. The fourth-order valence-electron chi connectivity index (χ4n) is 5.05. The molecule has 0 aliphatic carbocycles. The van der Waals surface area contributed by atoms with E-state index >= 15 is 0 Å². The smallest absolute Gasteiger partial charge is 0.226 e. The zero-order chi connectivity index (χ0) is 21.7. The summed E-state index contributed by atoms with van der Waals surface area (Å²) >= 11 is 0. The molecule has 1 unspecified atom stereocenters. The number of amides is 1. The zero-order valence-corrected chi connectivity index (χ0v) is 18.4. The van der Waals surface area contributed by atoms with E-state index in [0.29, 0.717) is 44.9 Å². The molecule has 0 radical (unpaired) electrons. The van der Waals surface area contributed by atoms with Crippen LogP contribution < -0.4 is 5.32 Å². The lowest BCUT2D eigenvalue weighted by Crippen LogP contribution is -2.46. The van der Waals surface area contributed by atoms with Crippen molar-refractivity contribution < 1.29 is 13.9 Å².